The molecule has 98 valence electrons. The quantitative estimate of drug-likeness (QED) is 0.672. The van der Waals surface area contributed by atoms with Crippen molar-refractivity contribution in [1.29, 1.82) is 0 Å². The Morgan fingerprint density at radius 2 is 1.40 bits per heavy atom. The number of hydrogen-bond acceptors (Lipinski definition) is 3. The summed E-state index contributed by atoms with van der Waals surface area (Å²) >= 11 is 0. The van der Waals surface area contributed by atoms with Gasteiger partial charge in [-0.1, -0.05) is 36.4 Å². The normalized spacial score (nSPS) is 11.0. The lowest BCUT2D eigenvalue weighted by atomic mass is 10.1. The van der Waals surface area contributed by atoms with Crippen molar-refractivity contribution in [1.82, 2.24) is 0 Å². The lowest BCUT2D eigenvalue weighted by Crippen LogP contribution is -2.29. The van der Waals surface area contributed by atoms with E-state index < -0.39 is 22.9 Å². The van der Waals surface area contributed by atoms with Crippen LogP contribution in [0.4, 0.5) is 0 Å². The van der Waals surface area contributed by atoms with Gasteiger partial charge in [-0.05, 0) is 10.8 Å². The lowest BCUT2D eigenvalue weighted by Gasteiger charge is -1.97. The first kappa shape index (κ1) is 12.1. The average molecular weight is 268 g/mol. The van der Waals surface area contributed by atoms with Crippen LogP contribution in [0.2, 0.25) is 0 Å². The predicted octanol–water partition coefficient (Wildman–Crippen LogP) is 0.830. The summed E-state index contributed by atoms with van der Waals surface area (Å²) in [7, 11) is 0. The highest BCUT2D eigenvalue weighted by Crippen LogP contribution is 2.23. The molecule has 0 bridgehead atoms. The number of carboxylic acid groups (broad SMARTS) is 2. The molecule has 3 rings (SSSR count). The van der Waals surface area contributed by atoms with Crippen molar-refractivity contribution in [3.05, 3.63) is 51.8 Å². The van der Waals surface area contributed by atoms with Crippen molar-refractivity contribution in [3.8, 4) is 0 Å². The van der Waals surface area contributed by atoms with Crippen molar-refractivity contribution in [2.24, 2.45) is 0 Å². The molecule has 0 aliphatic heterocycles. The van der Waals surface area contributed by atoms with Crippen molar-refractivity contribution >= 4 is 39.1 Å². The summed E-state index contributed by atoms with van der Waals surface area (Å²) < 4.78 is 0. The maximum absolute atomic E-state index is 12.3. The molecule has 0 atom stereocenters. The van der Waals surface area contributed by atoms with E-state index in [4.69, 9.17) is 10.2 Å². The highest BCUT2D eigenvalue weighted by atomic mass is 16.4. The lowest BCUT2D eigenvalue weighted by molar-refractivity contribution is -0.136. The highest BCUT2D eigenvalue weighted by Gasteiger charge is 2.22. The van der Waals surface area contributed by atoms with Gasteiger partial charge in [0.25, 0.3) is 0 Å². The van der Waals surface area contributed by atoms with E-state index in [9.17, 15) is 14.4 Å². The molecule has 0 fully saturated rings. The van der Waals surface area contributed by atoms with Gasteiger partial charge in [-0.25, -0.2) is 9.59 Å². The van der Waals surface area contributed by atoms with Gasteiger partial charge in [-0.2, -0.15) is 0 Å². The molecule has 5 nitrogen and oxygen atoms in total. The van der Waals surface area contributed by atoms with Crippen LogP contribution in [0.3, 0.4) is 0 Å². The van der Waals surface area contributed by atoms with Gasteiger partial charge in [0, 0.05) is 10.8 Å². The van der Waals surface area contributed by atoms with Crippen LogP contribution in [-0.4, -0.2) is 22.2 Å². The summed E-state index contributed by atoms with van der Waals surface area (Å²) in [5.41, 5.74) is -1.45. The van der Waals surface area contributed by atoms with Gasteiger partial charge in [0.1, 0.15) is 0 Å². The average Bonchev–Trinajstić information content (AvgIpc) is 2.67. The van der Waals surface area contributed by atoms with Gasteiger partial charge < -0.3 is 10.2 Å². The summed E-state index contributed by atoms with van der Waals surface area (Å²) in [6, 6.07) is 10.1. The van der Waals surface area contributed by atoms with E-state index in [1.807, 2.05) is 0 Å². The largest absolute Gasteiger partial charge is 0.477 e. The number of benzene rings is 2. The molecule has 0 radical (unpaired) electrons. The summed E-state index contributed by atoms with van der Waals surface area (Å²) in [4.78, 5) is 34.6. The number of hydrogen-bond donors (Lipinski definition) is 2. The van der Waals surface area contributed by atoms with E-state index >= 15 is 0 Å². The van der Waals surface area contributed by atoms with Crippen LogP contribution in [0.25, 0.3) is 27.1 Å². The predicted molar refractivity (Wildman–Crippen MR) is 72.8 cm³/mol. The van der Waals surface area contributed by atoms with Crippen LogP contribution in [-0.2, 0) is 9.59 Å². The molecule has 0 saturated carbocycles. The standard InChI is InChI=1S/C15H8O5/c16-13-9-6-2-4-7-3-1-5-8(10(7)9)11(13)12(14(17)18)15(19)20/h1-6H,(H,17,18)(H,19,20). The minimum atomic E-state index is -1.62. The van der Waals surface area contributed by atoms with Crippen LogP contribution < -0.4 is 10.6 Å². The molecule has 0 aliphatic rings. The zero-order chi connectivity index (χ0) is 14.4. The van der Waals surface area contributed by atoms with Crippen LogP contribution in [0, 0.1) is 0 Å². The van der Waals surface area contributed by atoms with E-state index in [2.05, 4.69) is 0 Å². The van der Waals surface area contributed by atoms with E-state index in [0.717, 1.165) is 5.39 Å². The minimum absolute atomic E-state index is 0.253. The molecule has 5 heteroatoms. The zero-order valence-electron chi connectivity index (χ0n) is 10.1. The molecule has 0 heterocycles. The number of carboxylic acids is 2. The van der Waals surface area contributed by atoms with Crippen LogP contribution in [0.1, 0.15) is 0 Å². The first-order valence-corrected chi connectivity index (χ1v) is 5.80. The molecule has 0 spiro atoms. The van der Waals surface area contributed by atoms with Gasteiger partial charge in [-0.3, -0.25) is 4.79 Å². The fourth-order valence-electron chi connectivity index (χ4n) is 2.55. The third-order valence-corrected chi connectivity index (χ3v) is 3.32. The second-order valence-electron chi connectivity index (χ2n) is 4.40. The molecule has 0 unspecified atom stereocenters. The minimum Gasteiger partial charge on any atom is -0.477 e. The Labute approximate surface area is 111 Å². The molecular formula is C15H8O5. The monoisotopic (exact) mass is 268 g/mol. The number of rotatable bonds is 2. The Hall–Kier alpha value is -2.95. The van der Waals surface area contributed by atoms with Crippen molar-refractivity contribution in [3.63, 3.8) is 0 Å². The summed E-state index contributed by atoms with van der Waals surface area (Å²) in [6.45, 7) is 0. The molecular weight excluding hydrogens is 260 g/mol. The third kappa shape index (κ3) is 1.46. The molecule has 3 aromatic carbocycles. The zero-order valence-corrected chi connectivity index (χ0v) is 10.1. The maximum Gasteiger partial charge on any atom is 0.343 e. The SMILES string of the molecule is O=C(O)C(C(=O)O)=c1c(=O)c2cccc3cccc1c32. The Morgan fingerprint density at radius 3 is 1.95 bits per heavy atom. The van der Waals surface area contributed by atoms with Gasteiger partial charge >= 0.3 is 11.9 Å². The van der Waals surface area contributed by atoms with Crippen molar-refractivity contribution in [2.75, 3.05) is 0 Å². The van der Waals surface area contributed by atoms with Crippen molar-refractivity contribution < 1.29 is 19.8 Å². The first-order chi connectivity index (χ1) is 9.52. The van der Waals surface area contributed by atoms with Crippen molar-refractivity contribution in [2.45, 2.75) is 0 Å². The molecule has 20 heavy (non-hydrogen) atoms. The molecule has 0 saturated heterocycles. The number of aliphatic carboxylic acids is 2. The fraction of sp³-hybridized carbons (Fsp3) is 0. The molecule has 0 amide bonds. The summed E-state index contributed by atoms with van der Waals surface area (Å²) in [6.07, 6.45) is 0. The Bertz CT molecular complexity index is 950. The molecule has 0 aromatic heterocycles. The second-order valence-corrected chi connectivity index (χ2v) is 4.40. The van der Waals surface area contributed by atoms with Crippen LogP contribution in [0.15, 0.2) is 41.2 Å². The van der Waals surface area contributed by atoms with Crippen LogP contribution in [0.5, 0.6) is 0 Å². The van der Waals surface area contributed by atoms with E-state index in [0.29, 0.717) is 16.2 Å². The maximum atomic E-state index is 12.3. The summed E-state index contributed by atoms with van der Waals surface area (Å²) in [5, 5.41) is 20.0. The molecule has 2 N–H and O–H groups in total. The second kappa shape index (κ2) is 4.03. The van der Waals surface area contributed by atoms with Crippen LogP contribution >= 0.6 is 0 Å². The fourth-order valence-corrected chi connectivity index (χ4v) is 2.55. The Balaban J connectivity index is 2.76. The summed E-state index contributed by atoms with van der Waals surface area (Å²) in [5.74, 6) is -3.24. The highest BCUT2D eigenvalue weighted by molar-refractivity contribution is 6.36. The van der Waals surface area contributed by atoms with E-state index in [1.165, 1.54) is 0 Å². The Kier molecular flexibility index (Phi) is 2.44. The van der Waals surface area contributed by atoms with E-state index in [1.54, 1.807) is 36.4 Å². The van der Waals surface area contributed by atoms with Gasteiger partial charge in [0.15, 0.2) is 11.0 Å². The first-order valence-electron chi connectivity index (χ1n) is 5.80. The Morgan fingerprint density at radius 1 is 0.850 bits per heavy atom. The van der Waals surface area contributed by atoms with Gasteiger partial charge in [-0.15, -0.1) is 0 Å². The number of carbonyl (C=O) groups is 2. The van der Waals surface area contributed by atoms with E-state index in [-0.39, 0.29) is 5.22 Å². The van der Waals surface area contributed by atoms with Gasteiger partial charge in [0.2, 0.25) is 0 Å². The third-order valence-electron chi connectivity index (χ3n) is 3.32. The topological polar surface area (TPSA) is 91.7 Å². The molecule has 3 aromatic rings. The smallest absolute Gasteiger partial charge is 0.343 e. The van der Waals surface area contributed by atoms with Gasteiger partial charge in [0.05, 0.1) is 5.22 Å². The molecule has 0 aliphatic carbocycles.